The minimum Gasteiger partial charge on any atom is -0.508 e. The number of rotatable bonds is 3. The summed E-state index contributed by atoms with van der Waals surface area (Å²) < 4.78 is 27.1. The molecular formula is C23H15F2NO4. The van der Waals surface area contributed by atoms with Crippen molar-refractivity contribution in [2.75, 3.05) is 4.90 Å². The number of nitrogens with zero attached hydrogens (tertiary/aromatic N) is 1. The van der Waals surface area contributed by atoms with Crippen LogP contribution in [0.5, 0.6) is 5.75 Å². The Bertz CT molecular complexity index is 1170. The molecule has 0 radical (unpaired) electrons. The number of carbonyl (C=O) groups excluding carboxylic acids is 2. The van der Waals surface area contributed by atoms with Gasteiger partial charge in [-0.1, -0.05) is 18.2 Å². The highest BCUT2D eigenvalue weighted by molar-refractivity contribution is 6.51. The Morgan fingerprint density at radius 1 is 0.867 bits per heavy atom. The number of hydrogen-bond acceptors (Lipinski definition) is 4. The number of Topliss-reactive ketones (excluding diaryl/α,β-unsaturated/α-hetero) is 1. The molecule has 3 aromatic rings. The lowest BCUT2D eigenvalue weighted by Gasteiger charge is -2.25. The number of anilines is 1. The second-order valence-electron chi connectivity index (χ2n) is 6.75. The van der Waals surface area contributed by atoms with E-state index in [4.69, 9.17) is 0 Å². The molecule has 0 aliphatic carbocycles. The van der Waals surface area contributed by atoms with Gasteiger partial charge in [-0.25, -0.2) is 8.78 Å². The molecule has 2 N–H and O–H groups in total. The van der Waals surface area contributed by atoms with Crippen LogP contribution < -0.4 is 4.90 Å². The summed E-state index contributed by atoms with van der Waals surface area (Å²) in [5, 5.41) is 20.4. The molecule has 5 nitrogen and oxygen atoms in total. The molecule has 1 saturated heterocycles. The number of phenolic OH excluding ortho intramolecular Hbond substituents is 1. The van der Waals surface area contributed by atoms with Crippen molar-refractivity contribution in [1.82, 2.24) is 0 Å². The summed E-state index contributed by atoms with van der Waals surface area (Å²) >= 11 is 0. The monoisotopic (exact) mass is 407 g/mol. The first-order valence-corrected chi connectivity index (χ1v) is 8.98. The first kappa shape index (κ1) is 19.3. The van der Waals surface area contributed by atoms with Gasteiger partial charge in [-0.3, -0.25) is 14.5 Å². The lowest BCUT2D eigenvalue weighted by molar-refractivity contribution is -0.132. The maximum Gasteiger partial charge on any atom is 0.300 e. The molecule has 0 spiro atoms. The molecule has 1 atom stereocenters. The maximum atomic E-state index is 13.8. The van der Waals surface area contributed by atoms with Crippen molar-refractivity contribution in [3.8, 4) is 5.75 Å². The van der Waals surface area contributed by atoms with E-state index < -0.39 is 35.1 Å². The summed E-state index contributed by atoms with van der Waals surface area (Å²) in [5.74, 6) is -3.54. The second-order valence-corrected chi connectivity index (χ2v) is 6.75. The van der Waals surface area contributed by atoms with Crippen molar-refractivity contribution >= 4 is 23.1 Å². The van der Waals surface area contributed by atoms with Gasteiger partial charge in [-0.05, 0) is 60.2 Å². The molecule has 4 rings (SSSR count). The van der Waals surface area contributed by atoms with Gasteiger partial charge >= 0.3 is 0 Å². The van der Waals surface area contributed by atoms with E-state index in [-0.39, 0.29) is 22.6 Å². The van der Waals surface area contributed by atoms with E-state index in [1.165, 1.54) is 54.6 Å². The first-order valence-electron chi connectivity index (χ1n) is 8.98. The summed E-state index contributed by atoms with van der Waals surface area (Å²) in [6.07, 6.45) is 0. The zero-order chi connectivity index (χ0) is 21.4. The van der Waals surface area contributed by atoms with Crippen LogP contribution in [0.1, 0.15) is 17.2 Å². The van der Waals surface area contributed by atoms with Gasteiger partial charge in [0.05, 0.1) is 11.6 Å². The van der Waals surface area contributed by atoms with E-state index in [9.17, 15) is 28.6 Å². The molecule has 1 fully saturated rings. The van der Waals surface area contributed by atoms with E-state index in [0.29, 0.717) is 5.56 Å². The van der Waals surface area contributed by atoms with Gasteiger partial charge in [0.15, 0.2) is 0 Å². The summed E-state index contributed by atoms with van der Waals surface area (Å²) in [5.41, 5.74) is 0.479. The molecule has 3 aromatic carbocycles. The number of aromatic hydroxyl groups is 1. The fourth-order valence-corrected chi connectivity index (χ4v) is 3.46. The van der Waals surface area contributed by atoms with Crippen LogP contribution in [-0.4, -0.2) is 21.9 Å². The van der Waals surface area contributed by atoms with Crippen molar-refractivity contribution in [2.45, 2.75) is 6.04 Å². The van der Waals surface area contributed by atoms with Crippen molar-refractivity contribution in [3.63, 3.8) is 0 Å². The average Bonchev–Trinajstić information content (AvgIpc) is 2.99. The number of phenols is 1. The fraction of sp³-hybridized carbons (Fsp3) is 0.0435. The molecule has 1 aliphatic heterocycles. The van der Waals surface area contributed by atoms with Crippen LogP contribution in [0.4, 0.5) is 14.5 Å². The SMILES string of the molecule is O=C1C(=O)N(c2cccc(F)c2)C(c2ccc(O)cc2)/C1=C(\O)c1ccc(F)cc1. The fourth-order valence-electron chi connectivity index (χ4n) is 3.46. The van der Waals surface area contributed by atoms with E-state index in [1.807, 2.05) is 0 Å². The lowest BCUT2D eigenvalue weighted by atomic mass is 9.95. The number of aliphatic hydroxyl groups excluding tert-OH is 1. The largest absolute Gasteiger partial charge is 0.508 e. The van der Waals surface area contributed by atoms with Crippen molar-refractivity contribution in [2.24, 2.45) is 0 Å². The molecule has 7 heteroatoms. The Labute approximate surface area is 170 Å². The highest BCUT2D eigenvalue weighted by Crippen LogP contribution is 2.42. The summed E-state index contributed by atoms with van der Waals surface area (Å²) in [6.45, 7) is 0. The minimum atomic E-state index is -1.07. The van der Waals surface area contributed by atoms with Crippen molar-refractivity contribution in [1.29, 1.82) is 0 Å². The topological polar surface area (TPSA) is 77.8 Å². The van der Waals surface area contributed by atoms with Crippen molar-refractivity contribution < 1.29 is 28.6 Å². The molecule has 1 amide bonds. The van der Waals surface area contributed by atoms with Gasteiger partial charge < -0.3 is 10.2 Å². The molecule has 0 bridgehead atoms. The second kappa shape index (κ2) is 7.44. The van der Waals surface area contributed by atoms with E-state index >= 15 is 0 Å². The van der Waals surface area contributed by atoms with Crippen LogP contribution in [0, 0.1) is 11.6 Å². The first-order chi connectivity index (χ1) is 14.4. The molecule has 1 heterocycles. The van der Waals surface area contributed by atoms with Crippen LogP contribution in [0.25, 0.3) is 5.76 Å². The predicted molar refractivity (Wildman–Crippen MR) is 106 cm³/mol. The van der Waals surface area contributed by atoms with Crippen LogP contribution in [-0.2, 0) is 9.59 Å². The van der Waals surface area contributed by atoms with E-state index in [0.717, 1.165) is 23.1 Å². The maximum absolute atomic E-state index is 13.8. The Hall–Kier alpha value is -4.00. The van der Waals surface area contributed by atoms with E-state index in [2.05, 4.69) is 0 Å². The summed E-state index contributed by atoms with van der Waals surface area (Å²) in [4.78, 5) is 26.8. The number of aliphatic hydroxyl groups is 1. The van der Waals surface area contributed by atoms with Gasteiger partial charge in [0.2, 0.25) is 0 Å². The lowest BCUT2D eigenvalue weighted by Crippen LogP contribution is -2.29. The highest BCUT2D eigenvalue weighted by atomic mass is 19.1. The molecule has 1 aliphatic rings. The standard InChI is InChI=1S/C23H15F2NO4/c24-15-8-4-14(5-9-15)21(28)19-20(13-6-10-18(27)11-7-13)26(23(30)22(19)29)17-3-1-2-16(25)12-17/h1-12,20,27-28H/b21-19+. The molecule has 1 unspecified atom stereocenters. The molecule has 0 saturated carbocycles. The van der Waals surface area contributed by atoms with Crippen LogP contribution in [0.2, 0.25) is 0 Å². The van der Waals surface area contributed by atoms with Crippen molar-refractivity contribution in [3.05, 3.63) is 101 Å². The smallest absolute Gasteiger partial charge is 0.300 e. The van der Waals surface area contributed by atoms with E-state index in [1.54, 1.807) is 0 Å². The number of carbonyl (C=O) groups is 2. The quantitative estimate of drug-likeness (QED) is 0.386. The van der Waals surface area contributed by atoms with Crippen LogP contribution in [0.3, 0.4) is 0 Å². The van der Waals surface area contributed by atoms with Gasteiger partial charge in [0.25, 0.3) is 11.7 Å². The molecule has 150 valence electrons. The third-order valence-electron chi connectivity index (χ3n) is 4.86. The minimum absolute atomic E-state index is 0.0278. The normalized spacial score (nSPS) is 18.1. The molecular weight excluding hydrogens is 392 g/mol. The number of hydrogen-bond donors (Lipinski definition) is 2. The predicted octanol–water partition coefficient (Wildman–Crippen LogP) is 4.30. The zero-order valence-corrected chi connectivity index (χ0v) is 15.4. The summed E-state index contributed by atoms with van der Waals surface area (Å²) in [6, 6.07) is 14.7. The van der Waals surface area contributed by atoms with Crippen LogP contribution >= 0.6 is 0 Å². The zero-order valence-electron chi connectivity index (χ0n) is 15.4. The van der Waals surface area contributed by atoms with Gasteiger partial charge in [0.1, 0.15) is 23.1 Å². The van der Waals surface area contributed by atoms with Gasteiger partial charge in [0, 0.05) is 11.3 Å². The third kappa shape index (κ3) is 3.30. The average molecular weight is 407 g/mol. The number of amides is 1. The Kier molecular flexibility index (Phi) is 4.79. The summed E-state index contributed by atoms with van der Waals surface area (Å²) in [7, 11) is 0. The Morgan fingerprint density at radius 2 is 1.53 bits per heavy atom. The number of benzene rings is 3. The Balaban J connectivity index is 1.95. The number of halogens is 2. The molecule has 0 aromatic heterocycles. The highest BCUT2D eigenvalue weighted by Gasteiger charge is 2.47. The van der Waals surface area contributed by atoms with Crippen LogP contribution in [0.15, 0.2) is 78.4 Å². The molecule has 30 heavy (non-hydrogen) atoms. The Morgan fingerprint density at radius 3 is 2.17 bits per heavy atom. The number of ketones is 1. The van der Waals surface area contributed by atoms with Gasteiger partial charge in [-0.15, -0.1) is 0 Å². The van der Waals surface area contributed by atoms with Gasteiger partial charge in [-0.2, -0.15) is 0 Å². The third-order valence-corrected chi connectivity index (χ3v) is 4.86.